The number of halogens is 1. The maximum atomic E-state index is 13.3. The van der Waals surface area contributed by atoms with E-state index in [-0.39, 0.29) is 25.6 Å². The second-order valence-corrected chi connectivity index (χ2v) is 3.31. The normalized spacial score (nSPS) is 12.5. The van der Waals surface area contributed by atoms with Crippen LogP contribution in [0.4, 0.5) is 4.39 Å². The first-order valence-corrected chi connectivity index (χ1v) is 4.87. The third kappa shape index (κ3) is 3.44. The van der Waals surface area contributed by atoms with Crippen LogP contribution in [0.15, 0.2) is 18.2 Å². The van der Waals surface area contributed by atoms with Gasteiger partial charge < -0.3 is 19.7 Å². The number of methoxy groups -OCH3 is 1. The predicted molar refractivity (Wildman–Crippen MR) is 55.7 cm³/mol. The van der Waals surface area contributed by atoms with Crippen LogP contribution < -0.4 is 4.74 Å². The van der Waals surface area contributed by atoms with Gasteiger partial charge in [0.1, 0.15) is 12.7 Å². The zero-order chi connectivity index (χ0) is 12.0. The Kier molecular flexibility index (Phi) is 5.18. The van der Waals surface area contributed by atoms with Crippen molar-refractivity contribution in [1.29, 1.82) is 0 Å². The van der Waals surface area contributed by atoms with Gasteiger partial charge in [0.2, 0.25) is 0 Å². The van der Waals surface area contributed by atoms with Gasteiger partial charge in [0.25, 0.3) is 0 Å². The van der Waals surface area contributed by atoms with Crippen LogP contribution in [-0.4, -0.2) is 36.6 Å². The van der Waals surface area contributed by atoms with E-state index in [1.54, 1.807) is 6.07 Å². The molecule has 0 heterocycles. The monoisotopic (exact) mass is 230 g/mol. The lowest BCUT2D eigenvalue weighted by Crippen LogP contribution is -2.23. The minimum absolute atomic E-state index is 0.0276. The van der Waals surface area contributed by atoms with Gasteiger partial charge in [-0.3, -0.25) is 0 Å². The Morgan fingerprint density at radius 3 is 2.75 bits per heavy atom. The van der Waals surface area contributed by atoms with Crippen LogP contribution in [0.25, 0.3) is 0 Å². The molecule has 1 rings (SSSR count). The molecule has 2 N–H and O–H groups in total. The molecule has 0 bridgehead atoms. The molecule has 16 heavy (non-hydrogen) atoms. The minimum Gasteiger partial charge on any atom is -0.487 e. The maximum Gasteiger partial charge on any atom is 0.165 e. The molecule has 1 aromatic rings. The molecule has 90 valence electrons. The highest BCUT2D eigenvalue weighted by Crippen LogP contribution is 2.22. The SMILES string of the molecule is COCC(O)COc1c(F)cccc1CO. The van der Waals surface area contributed by atoms with Crippen LogP contribution in [0.2, 0.25) is 0 Å². The molecule has 0 saturated carbocycles. The molecular formula is C11H15FO4. The third-order valence-electron chi connectivity index (χ3n) is 2.00. The van der Waals surface area contributed by atoms with Gasteiger partial charge in [0.05, 0.1) is 13.2 Å². The number of ether oxygens (including phenoxy) is 2. The van der Waals surface area contributed by atoms with E-state index in [0.717, 1.165) is 0 Å². The maximum absolute atomic E-state index is 13.3. The Balaban J connectivity index is 2.65. The smallest absolute Gasteiger partial charge is 0.165 e. The van der Waals surface area contributed by atoms with Crippen molar-refractivity contribution in [3.63, 3.8) is 0 Å². The van der Waals surface area contributed by atoms with Crippen molar-refractivity contribution in [2.24, 2.45) is 0 Å². The van der Waals surface area contributed by atoms with Crippen molar-refractivity contribution >= 4 is 0 Å². The van der Waals surface area contributed by atoms with Gasteiger partial charge in [-0.25, -0.2) is 4.39 Å². The van der Waals surface area contributed by atoms with Crippen LogP contribution in [-0.2, 0) is 11.3 Å². The lowest BCUT2D eigenvalue weighted by molar-refractivity contribution is 0.0310. The summed E-state index contributed by atoms with van der Waals surface area (Å²) in [6.07, 6.45) is -0.823. The van der Waals surface area contributed by atoms with Gasteiger partial charge in [-0.1, -0.05) is 12.1 Å². The highest BCUT2D eigenvalue weighted by atomic mass is 19.1. The summed E-state index contributed by atoms with van der Waals surface area (Å²) in [7, 11) is 1.45. The predicted octanol–water partition coefficient (Wildman–Crippen LogP) is 0.704. The standard InChI is InChI=1S/C11H15FO4/c1-15-6-9(14)7-16-11-8(5-13)3-2-4-10(11)12/h2-4,9,13-14H,5-7H2,1H3. The summed E-state index contributed by atoms with van der Waals surface area (Å²) in [5.74, 6) is -0.587. The van der Waals surface area contributed by atoms with E-state index in [2.05, 4.69) is 0 Å². The van der Waals surface area contributed by atoms with E-state index in [1.165, 1.54) is 19.2 Å². The lowest BCUT2D eigenvalue weighted by atomic mass is 10.2. The molecule has 0 spiro atoms. The minimum atomic E-state index is -0.823. The highest BCUT2D eigenvalue weighted by molar-refractivity contribution is 5.34. The first-order chi connectivity index (χ1) is 7.69. The summed E-state index contributed by atoms with van der Waals surface area (Å²) in [4.78, 5) is 0. The fourth-order valence-electron chi connectivity index (χ4n) is 1.26. The average molecular weight is 230 g/mol. The molecule has 1 aromatic carbocycles. The average Bonchev–Trinajstić information content (AvgIpc) is 2.27. The molecule has 0 amide bonds. The van der Waals surface area contributed by atoms with Crippen LogP contribution in [0.1, 0.15) is 5.56 Å². The van der Waals surface area contributed by atoms with E-state index >= 15 is 0 Å². The second kappa shape index (κ2) is 6.42. The summed E-state index contributed by atoms with van der Waals surface area (Å²) < 4.78 is 23.1. The Labute approximate surface area is 93.2 Å². The zero-order valence-electron chi connectivity index (χ0n) is 9.02. The summed E-state index contributed by atoms with van der Waals surface area (Å²) in [6.45, 7) is -0.280. The van der Waals surface area contributed by atoms with Crippen molar-refractivity contribution in [3.8, 4) is 5.75 Å². The number of hydrogen-bond acceptors (Lipinski definition) is 4. The molecule has 0 radical (unpaired) electrons. The van der Waals surface area contributed by atoms with Gasteiger partial charge in [-0.05, 0) is 6.07 Å². The molecule has 4 nitrogen and oxygen atoms in total. The Morgan fingerprint density at radius 1 is 1.38 bits per heavy atom. The number of hydrogen-bond donors (Lipinski definition) is 2. The van der Waals surface area contributed by atoms with Gasteiger partial charge in [0, 0.05) is 12.7 Å². The van der Waals surface area contributed by atoms with E-state index in [4.69, 9.17) is 14.6 Å². The first kappa shape index (κ1) is 12.9. The van der Waals surface area contributed by atoms with Crippen LogP contribution in [0.5, 0.6) is 5.75 Å². The van der Waals surface area contributed by atoms with Gasteiger partial charge in [-0.15, -0.1) is 0 Å². The van der Waals surface area contributed by atoms with Gasteiger partial charge in [-0.2, -0.15) is 0 Å². The van der Waals surface area contributed by atoms with Crippen molar-refractivity contribution in [3.05, 3.63) is 29.6 Å². The Morgan fingerprint density at radius 2 is 2.12 bits per heavy atom. The largest absolute Gasteiger partial charge is 0.487 e. The molecular weight excluding hydrogens is 215 g/mol. The first-order valence-electron chi connectivity index (χ1n) is 4.87. The number of para-hydroxylation sites is 1. The van der Waals surface area contributed by atoms with Gasteiger partial charge in [0.15, 0.2) is 11.6 Å². The molecule has 0 aliphatic carbocycles. The molecule has 0 aliphatic rings. The van der Waals surface area contributed by atoms with Crippen LogP contribution >= 0.6 is 0 Å². The van der Waals surface area contributed by atoms with Crippen LogP contribution in [0.3, 0.4) is 0 Å². The topological polar surface area (TPSA) is 58.9 Å². The van der Waals surface area contributed by atoms with E-state index in [9.17, 15) is 9.50 Å². The summed E-state index contributed by atoms with van der Waals surface area (Å²) in [5.41, 5.74) is 0.351. The summed E-state index contributed by atoms with van der Waals surface area (Å²) >= 11 is 0. The second-order valence-electron chi connectivity index (χ2n) is 3.31. The quantitative estimate of drug-likeness (QED) is 0.755. The third-order valence-corrected chi connectivity index (χ3v) is 2.00. The fourth-order valence-corrected chi connectivity index (χ4v) is 1.26. The molecule has 0 fully saturated rings. The molecule has 0 aliphatic heterocycles. The number of benzene rings is 1. The lowest BCUT2D eigenvalue weighted by Gasteiger charge is -2.14. The number of aliphatic hydroxyl groups is 2. The van der Waals surface area contributed by atoms with E-state index in [1.807, 2.05) is 0 Å². The summed E-state index contributed by atoms with van der Waals surface area (Å²) in [5, 5.41) is 18.3. The molecule has 5 heteroatoms. The van der Waals surface area contributed by atoms with Crippen molar-refractivity contribution < 1.29 is 24.1 Å². The molecule has 0 saturated heterocycles. The molecule has 1 unspecified atom stereocenters. The van der Waals surface area contributed by atoms with Crippen molar-refractivity contribution in [2.75, 3.05) is 20.3 Å². The fraction of sp³-hybridized carbons (Fsp3) is 0.455. The van der Waals surface area contributed by atoms with E-state index < -0.39 is 11.9 Å². The number of aliphatic hydroxyl groups excluding tert-OH is 2. The van der Waals surface area contributed by atoms with E-state index in [0.29, 0.717) is 5.56 Å². The van der Waals surface area contributed by atoms with Crippen LogP contribution in [0, 0.1) is 5.82 Å². The Hall–Kier alpha value is -1.17. The zero-order valence-corrected chi connectivity index (χ0v) is 9.02. The van der Waals surface area contributed by atoms with Gasteiger partial charge >= 0.3 is 0 Å². The molecule has 0 aromatic heterocycles. The Bertz CT molecular complexity index is 330. The van der Waals surface area contributed by atoms with Crippen molar-refractivity contribution in [1.82, 2.24) is 0 Å². The summed E-state index contributed by atoms with van der Waals surface area (Å²) in [6, 6.07) is 4.28. The highest BCUT2D eigenvalue weighted by Gasteiger charge is 2.11. The molecule has 1 atom stereocenters. The van der Waals surface area contributed by atoms with Crippen molar-refractivity contribution in [2.45, 2.75) is 12.7 Å². The number of rotatable bonds is 6.